The van der Waals surface area contributed by atoms with Crippen LogP contribution in [-0.4, -0.2) is 24.7 Å². The lowest BCUT2D eigenvalue weighted by molar-refractivity contribution is -0.122. The molecule has 1 saturated heterocycles. The second-order valence-electron chi connectivity index (χ2n) is 5.95. The van der Waals surface area contributed by atoms with E-state index < -0.39 is 0 Å². The van der Waals surface area contributed by atoms with Crippen molar-refractivity contribution in [1.29, 1.82) is 0 Å². The number of rotatable bonds is 5. The minimum Gasteiger partial charge on any atom is -0.376 e. The molecule has 1 N–H and O–H groups in total. The number of carbonyl (C=O) groups is 1. The molecule has 0 aromatic carbocycles. The molecule has 1 aliphatic heterocycles. The van der Waals surface area contributed by atoms with Crippen LogP contribution < -0.4 is 5.32 Å². The molecule has 2 rings (SSSR count). The Morgan fingerprint density at radius 3 is 2.67 bits per heavy atom. The van der Waals surface area contributed by atoms with E-state index in [0.717, 1.165) is 31.8 Å². The number of hydrogen-bond acceptors (Lipinski definition) is 2. The third-order valence-corrected chi connectivity index (χ3v) is 4.42. The van der Waals surface area contributed by atoms with Crippen molar-refractivity contribution in [2.45, 2.75) is 76.9 Å². The highest BCUT2D eigenvalue weighted by molar-refractivity contribution is 5.76. The molecule has 0 bridgehead atoms. The lowest BCUT2D eigenvalue weighted by atomic mass is 9.86. The van der Waals surface area contributed by atoms with Crippen LogP contribution in [0.2, 0.25) is 0 Å². The molecule has 2 aliphatic rings. The third kappa shape index (κ3) is 4.27. The van der Waals surface area contributed by atoms with E-state index in [1.165, 1.54) is 32.1 Å². The molecule has 0 aromatic rings. The van der Waals surface area contributed by atoms with Gasteiger partial charge in [0.15, 0.2) is 0 Å². The summed E-state index contributed by atoms with van der Waals surface area (Å²) in [6.45, 7) is 2.92. The molecular weight excluding hydrogens is 226 g/mol. The second kappa shape index (κ2) is 7.13. The van der Waals surface area contributed by atoms with Crippen molar-refractivity contribution in [1.82, 2.24) is 5.32 Å². The third-order valence-electron chi connectivity index (χ3n) is 4.42. The summed E-state index contributed by atoms with van der Waals surface area (Å²) in [5, 5.41) is 3.10. The van der Waals surface area contributed by atoms with Crippen molar-refractivity contribution in [2.75, 3.05) is 6.61 Å². The first-order chi connectivity index (χ1) is 8.75. The molecule has 104 valence electrons. The van der Waals surface area contributed by atoms with Crippen LogP contribution in [0.1, 0.15) is 64.7 Å². The quantitative estimate of drug-likeness (QED) is 0.818. The fourth-order valence-electron chi connectivity index (χ4n) is 3.23. The first-order valence-corrected chi connectivity index (χ1v) is 7.66. The topological polar surface area (TPSA) is 38.3 Å². The molecule has 3 heteroatoms. The van der Waals surface area contributed by atoms with Crippen molar-refractivity contribution in [3.63, 3.8) is 0 Å². The van der Waals surface area contributed by atoms with E-state index in [1.807, 2.05) is 0 Å². The maximum atomic E-state index is 11.9. The summed E-state index contributed by atoms with van der Waals surface area (Å²) < 4.78 is 5.60. The Kier molecular flexibility index (Phi) is 5.48. The Hall–Kier alpha value is -0.570. The molecule has 2 unspecified atom stereocenters. The molecule has 2 fully saturated rings. The maximum Gasteiger partial charge on any atom is 0.220 e. The Labute approximate surface area is 111 Å². The van der Waals surface area contributed by atoms with Gasteiger partial charge >= 0.3 is 0 Å². The smallest absolute Gasteiger partial charge is 0.220 e. The van der Waals surface area contributed by atoms with E-state index >= 15 is 0 Å². The van der Waals surface area contributed by atoms with Crippen molar-refractivity contribution >= 4 is 5.91 Å². The summed E-state index contributed by atoms with van der Waals surface area (Å²) in [4.78, 5) is 11.9. The van der Waals surface area contributed by atoms with Gasteiger partial charge in [-0.25, -0.2) is 0 Å². The summed E-state index contributed by atoms with van der Waals surface area (Å²) in [6.07, 6.45) is 11.0. The SMILES string of the molecule is CC(NC(=O)CCC1CCCCC1)C1CCCO1. The standard InChI is InChI=1S/C15H27NO2/c1-12(14-8-5-11-18-14)16-15(17)10-9-13-6-3-2-4-7-13/h12-14H,2-11H2,1H3,(H,16,17). The monoisotopic (exact) mass is 253 g/mol. The molecule has 1 heterocycles. The van der Waals surface area contributed by atoms with E-state index in [1.54, 1.807) is 0 Å². The first-order valence-electron chi connectivity index (χ1n) is 7.66. The maximum absolute atomic E-state index is 11.9. The Morgan fingerprint density at radius 2 is 2.00 bits per heavy atom. The Morgan fingerprint density at radius 1 is 1.22 bits per heavy atom. The van der Waals surface area contributed by atoms with Crippen LogP contribution in [0, 0.1) is 5.92 Å². The van der Waals surface area contributed by atoms with Gasteiger partial charge in [0, 0.05) is 13.0 Å². The predicted molar refractivity (Wildman–Crippen MR) is 72.4 cm³/mol. The minimum atomic E-state index is 0.173. The fraction of sp³-hybridized carbons (Fsp3) is 0.933. The predicted octanol–water partition coefficient (Wildman–Crippen LogP) is 3.03. The summed E-state index contributed by atoms with van der Waals surface area (Å²) in [7, 11) is 0. The van der Waals surface area contributed by atoms with Crippen LogP contribution in [0.4, 0.5) is 0 Å². The average molecular weight is 253 g/mol. The molecule has 0 aromatic heterocycles. The number of hydrogen-bond donors (Lipinski definition) is 1. The molecule has 0 radical (unpaired) electrons. The van der Waals surface area contributed by atoms with E-state index in [-0.39, 0.29) is 18.1 Å². The van der Waals surface area contributed by atoms with Gasteiger partial charge in [0.1, 0.15) is 0 Å². The van der Waals surface area contributed by atoms with Crippen molar-refractivity contribution in [2.24, 2.45) is 5.92 Å². The van der Waals surface area contributed by atoms with Gasteiger partial charge in [-0.2, -0.15) is 0 Å². The van der Waals surface area contributed by atoms with E-state index in [4.69, 9.17) is 4.74 Å². The van der Waals surface area contributed by atoms with Crippen LogP contribution in [-0.2, 0) is 9.53 Å². The zero-order chi connectivity index (χ0) is 12.8. The normalized spacial score (nSPS) is 27.1. The summed E-state index contributed by atoms with van der Waals surface area (Å²) in [5.74, 6) is 1.01. The molecule has 2 atom stereocenters. The van der Waals surface area contributed by atoms with Crippen LogP contribution in [0.25, 0.3) is 0 Å². The van der Waals surface area contributed by atoms with E-state index in [9.17, 15) is 4.79 Å². The molecule has 3 nitrogen and oxygen atoms in total. The fourth-order valence-corrected chi connectivity index (χ4v) is 3.23. The first kappa shape index (κ1) is 13.9. The highest BCUT2D eigenvalue weighted by atomic mass is 16.5. The van der Waals surface area contributed by atoms with Crippen LogP contribution >= 0.6 is 0 Å². The number of carbonyl (C=O) groups excluding carboxylic acids is 1. The lowest BCUT2D eigenvalue weighted by Gasteiger charge is -2.23. The number of ether oxygens (including phenoxy) is 1. The average Bonchev–Trinajstić information content (AvgIpc) is 2.91. The molecule has 0 spiro atoms. The molecule has 18 heavy (non-hydrogen) atoms. The summed E-state index contributed by atoms with van der Waals surface area (Å²) in [5.41, 5.74) is 0. The van der Waals surface area contributed by atoms with Gasteiger partial charge < -0.3 is 10.1 Å². The van der Waals surface area contributed by atoms with Crippen LogP contribution in [0.15, 0.2) is 0 Å². The van der Waals surface area contributed by atoms with E-state index in [0.29, 0.717) is 6.42 Å². The lowest BCUT2D eigenvalue weighted by Crippen LogP contribution is -2.40. The van der Waals surface area contributed by atoms with E-state index in [2.05, 4.69) is 12.2 Å². The van der Waals surface area contributed by atoms with Gasteiger partial charge in [0.05, 0.1) is 12.1 Å². The van der Waals surface area contributed by atoms with Crippen LogP contribution in [0.3, 0.4) is 0 Å². The number of nitrogens with one attached hydrogen (secondary N) is 1. The molecule has 1 saturated carbocycles. The zero-order valence-corrected chi connectivity index (χ0v) is 11.6. The van der Waals surface area contributed by atoms with Gasteiger partial charge in [-0.15, -0.1) is 0 Å². The molecule has 1 amide bonds. The second-order valence-corrected chi connectivity index (χ2v) is 5.95. The zero-order valence-electron chi connectivity index (χ0n) is 11.6. The number of amides is 1. The van der Waals surface area contributed by atoms with Crippen molar-refractivity contribution in [3.8, 4) is 0 Å². The van der Waals surface area contributed by atoms with Gasteiger partial charge in [0.25, 0.3) is 0 Å². The van der Waals surface area contributed by atoms with Gasteiger partial charge in [0.2, 0.25) is 5.91 Å². The van der Waals surface area contributed by atoms with Crippen LogP contribution in [0.5, 0.6) is 0 Å². The van der Waals surface area contributed by atoms with Crippen molar-refractivity contribution in [3.05, 3.63) is 0 Å². The summed E-state index contributed by atoms with van der Waals surface area (Å²) in [6, 6.07) is 0.173. The largest absolute Gasteiger partial charge is 0.376 e. The Bertz CT molecular complexity index is 255. The van der Waals surface area contributed by atoms with Gasteiger partial charge in [-0.05, 0) is 32.1 Å². The van der Waals surface area contributed by atoms with Gasteiger partial charge in [-0.1, -0.05) is 32.1 Å². The minimum absolute atomic E-state index is 0.173. The van der Waals surface area contributed by atoms with Crippen molar-refractivity contribution < 1.29 is 9.53 Å². The molecule has 1 aliphatic carbocycles. The highest BCUT2D eigenvalue weighted by Crippen LogP contribution is 2.27. The highest BCUT2D eigenvalue weighted by Gasteiger charge is 2.23. The molecular formula is C15H27NO2. The summed E-state index contributed by atoms with van der Waals surface area (Å²) >= 11 is 0. The van der Waals surface area contributed by atoms with Gasteiger partial charge in [-0.3, -0.25) is 4.79 Å². The Balaban J connectivity index is 1.61.